The zero-order chi connectivity index (χ0) is 31.0. The molecule has 4 atom stereocenters. The Morgan fingerprint density at radius 1 is 1.11 bits per heavy atom. The number of nitrogen functional groups attached to an aromatic ring is 1. The van der Waals surface area contributed by atoms with E-state index >= 15 is 4.39 Å². The number of carbonyl (C=O) groups is 1. The highest BCUT2D eigenvalue weighted by Crippen LogP contribution is 2.42. The van der Waals surface area contributed by atoms with E-state index in [9.17, 15) is 27.5 Å². The van der Waals surface area contributed by atoms with Crippen LogP contribution in [0.25, 0.3) is 22.0 Å². The molecule has 4 aliphatic heterocycles. The fraction of sp³-hybridized carbons (Fsp3) is 0.500. The molecule has 0 spiro atoms. The number of aromatic nitrogens is 2. The van der Waals surface area contributed by atoms with Crippen LogP contribution in [-0.4, -0.2) is 87.5 Å². The van der Waals surface area contributed by atoms with Crippen LogP contribution in [0.3, 0.4) is 0 Å². The highest BCUT2D eigenvalue weighted by molar-refractivity contribution is 5.94. The third-order valence-corrected chi connectivity index (χ3v) is 9.59. The first-order valence-electron chi connectivity index (χ1n) is 14.7. The second-order valence-corrected chi connectivity index (χ2v) is 12.3. The van der Waals surface area contributed by atoms with Gasteiger partial charge in [-0.15, -0.1) is 0 Å². The van der Waals surface area contributed by atoms with E-state index in [1.54, 1.807) is 6.07 Å². The molecule has 0 radical (unpaired) electrons. The van der Waals surface area contributed by atoms with Crippen LogP contribution in [0.15, 0.2) is 30.3 Å². The predicted octanol–water partition coefficient (Wildman–Crippen LogP) is 5.32. The normalized spacial score (nSPS) is 26.9. The Kier molecular flexibility index (Phi) is 6.75. The number of ether oxygens (including phenoxy) is 1. The molecule has 4 fully saturated rings. The van der Waals surface area contributed by atoms with Crippen LogP contribution >= 0.6 is 0 Å². The topological polar surface area (TPSA) is 108 Å². The number of fused-ring (bicyclic) bond motifs is 4. The van der Waals surface area contributed by atoms with Crippen molar-refractivity contribution in [1.29, 1.82) is 0 Å². The molecule has 1 amide bonds. The minimum absolute atomic E-state index is 0.0621. The summed E-state index contributed by atoms with van der Waals surface area (Å²) in [4.78, 5) is 26.4. The van der Waals surface area contributed by atoms with E-state index in [2.05, 4.69) is 14.9 Å². The summed E-state index contributed by atoms with van der Waals surface area (Å²) in [6, 6.07) is 5.13. The smallest absolute Gasteiger partial charge is 0.416 e. The summed E-state index contributed by atoms with van der Waals surface area (Å²) in [6.07, 6.45) is -3.35. The number of halogens is 5. The van der Waals surface area contributed by atoms with Gasteiger partial charge in [0.05, 0.1) is 23.2 Å². The van der Waals surface area contributed by atoms with Gasteiger partial charge in [0, 0.05) is 42.7 Å². The molecule has 2 aromatic carbocycles. The van der Waals surface area contributed by atoms with Crippen molar-refractivity contribution in [3.05, 3.63) is 41.7 Å². The highest BCUT2D eigenvalue weighted by atomic mass is 19.4. The van der Waals surface area contributed by atoms with Crippen molar-refractivity contribution >= 4 is 28.5 Å². The molecule has 0 unspecified atom stereocenters. The van der Waals surface area contributed by atoms with Gasteiger partial charge in [0.2, 0.25) is 0 Å². The summed E-state index contributed by atoms with van der Waals surface area (Å²) < 4.78 is 77.5. The lowest BCUT2D eigenvalue weighted by Crippen LogP contribution is -2.55. The van der Waals surface area contributed by atoms with Crippen LogP contribution in [0.1, 0.15) is 37.7 Å². The second-order valence-electron chi connectivity index (χ2n) is 12.3. The number of hydrogen-bond donors (Lipinski definition) is 2. The van der Waals surface area contributed by atoms with Crippen LogP contribution in [-0.2, 0) is 6.18 Å². The Morgan fingerprint density at radius 2 is 1.86 bits per heavy atom. The summed E-state index contributed by atoms with van der Waals surface area (Å²) in [7, 11) is 0. The van der Waals surface area contributed by atoms with Gasteiger partial charge < -0.3 is 20.5 Å². The fourth-order valence-electron chi connectivity index (χ4n) is 7.66. The molecule has 4 saturated heterocycles. The van der Waals surface area contributed by atoms with Crippen molar-refractivity contribution in [3.63, 3.8) is 0 Å². The molecule has 5 heterocycles. The number of carboxylic acid groups (broad SMARTS) is 1. The van der Waals surface area contributed by atoms with Crippen molar-refractivity contribution in [3.8, 4) is 17.1 Å². The molecule has 7 rings (SSSR count). The van der Waals surface area contributed by atoms with Crippen LogP contribution in [0.4, 0.5) is 38.3 Å². The minimum atomic E-state index is -4.68. The SMILES string of the molecule is Nc1cc(-c2ccc3c(N4C[C@H]5CC[C@@H](C4)N5C(=O)O)nc(OC[C@@]45CCCN4C[C@H](F)C5)nc3c2F)cc(C(F)(F)F)c1. The van der Waals surface area contributed by atoms with Gasteiger partial charge in [-0.3, -0.25) is 9.80 Å². The minimum Gasteiger partial charge on any atom is -0.465 e. The quantitative estimate of drug-likeness (QED) is 0.292. The summed E-state index contributed by atoms with van der Waals surface area (Å²) in [6.45, 7) is 1.82. The molecule has 14 heteroatoms. The summed E-state index contributed by atoms with van der Waals surface area (Å²) in [5.41, 5.74) is 3.74. The average molecular weight is 619 g/mol. The molecule has 4 aliphatic rings. The maximum atomic E-state index is 16.4. The first-order chi connectivity index (χ1) is 20.9. The summed E-state index contributed by atoms with van der Waals surface area (Å²) in [5.74, 6) is -0.524. The van der Waals surface area contributed by atoms with Gasteiger partial charge in [-0.25, -0.2) is 13.6 Å². The monoisotopic (exact) mass is 618 g/mol. The summed E-state index contributed by atoms with van der Waals surface area (Å²) in [5, 5.41) is 10.0. The molecule has 234 valence electrons. The number of hydrogen-bond acceptors (Lipinski definition) is 7. The lowest BCUT2D eigenvalue weighted by atomic mass is 9.95. The van der Waals surface area contributed by atoms with Crippen molar-refractivity contribution in [1.82, 2.24) is 19.8 Å². The Bertz CT molecular complexity index is 1620. The van der Waals surface area contributed by atoms with E-state index in [-0.39, 0.29) is 47.0 Å². The lowest BCUT2D eigenvalue weighted by Gasteiger charge is -2.40. The zero-order valence-electron chi connectivity index (χ0n) is 23.7. The number of benzene rings is 2. The van der Waals surface area contributed by atoms with Crippen molar-refractivity contribution in [2.75, 3.05) is 43.4 Å². The van der Waals surface area contributed by atoms with Gasteiger partial charge in [0.25, 0.3) is 0 Å². The number of anilines is 2. The van der Waals surface area contributed by atoms with E-state index in [0.717, 1.165) is 31.5 Å². The van der Waals surface area contributed by atoms with Crippen LogP contribution in [0, 0.1) is 5.82 Å². The third-order valence-electron chi connectivity index (χ3n) is 9.59. The highest BCUT2D eigenvalue weighted by Gasteiger charge is 2.49. The average Bonchev–Trinajstić information content (AvgIpc) is 3.58. The Hall–Kier alpha value is -3.94. The van der Waals surface area contributed by atoms with Crippen LogP contribution in [0.5, 0.6) is 6.01 Å². The first kappa shape index (κ1) is 28.8. The Labute approximate surface area is 249 Å². The molecular weight excluding hydrogens is 587 g/mol. The molecule has 0 aliphatic carbocycles. The van der Waals surface area contributed by atoms with Gasteiger partial charge in [0.15, 0.2) is 5.82 Å². The fourth-order valence-corrected chi connectivity index (χ4v) is 7.66. The Morgan fingerprint density at radius 3 is 2.57 bits per heavy atom. The molecule has 2 bridgehead atoms. The van der Waals surface area contributed by atoms with Gasteiger partial charge >= 0.3 is 18.3 Å². The number of amides is 1. The molecular formula is C30H31F5N6O3. The predicted molar refractivity (Wildman–Crippen MR) is 152 cm³/mol. The van der Waals surface area contributed by atoms with Crippen molar-refractivity contribution < 1.29 is 36.6 Å². The third kappa shape index (κ3) is 4.83. The Balaban J connectivity index is 1.31. The maximum absolute atomic E-state index is 16.4. The van der Waals surface area contributed by atoms with E-state index in [1.165, 1.54) is 17.0 Å². The molecule has 9 nitrogen and oxygen atoms in total. The second kappa shape index (κ2) is 10.3. The molecule has 0 saturated carbocycles. The van der Waals surface area contributed by atoms with E-state index < -0.39 is 35.4 Å². The van der Waals surface area contributed by atoms with Gasteiger partial charge in [-0.1, -0.05) is 6.07 Å². The van der Waals surface area contributed by atoms with Crippen LogP contribution < -0.4 is 15.4 Å². The maximum Gasteiger partial charge on any atom is 0.416 e. The van der Waals surface area contributed by atoms with Gasteiger partial charge in [-0.2, -0.15) is 23.1 Å². The summed E-state index contributed by atoms with van der Waals surface area (Å²) >= 11 is 0. The standard InChI is InChI=1S/C30H31F5N6O3/c31-18-11-29(6-1-7-40(29)12-18)15-44-27-37-25-23(26(38-27)39-13-20-2-3-21(14-39)41(20)28(42)43)5-4-22(24(25)32)16-8-17(30(33,34)35)10-19(36)9-16/h4-5,8-10,18,20-21H,1-3,6-7,11-15,36H2,(H,42,43)/t18-,20-,21+,29+/m1/s1. The first-order valence-corrected chi connectivity index (χ1v) is 14.7. The van der Waals surface area contributed by atoms with Crippen LogP contribution in [0.2, 0.25) is 0 Å². The van der Waals surface area contributed by atoms with E-state index in [0.29, 0.717) is 50.1 Å². The number of nitrogens with two attached hydrogens (primary N) is 1. The van der Waals surface area contributed by atoms with Gasteiger partial charge in [-0.05, 0) is 62.1 Å². The number of nitrogens with zero attached hydrogens (tertiary/aromatic N) is 5. The zero-order valence-corrected chi connectivity index (χ0v) is 23.7. The van der Waals surface area contributed by atoms with E-state index in [4.69, 9.17) is 10.5 Å². The number of piperazine rings is 1. The largest absolute Gasteiger partial charge is 0.465 e. The number of alkyl halides is 4. The van der Waals surface area contributed by atoms with Gasteiger partial charge in [0.1, 0.15) is 24.1 Å². The van der Waals surface area contributed by atoms with Crippen molar-refractivity contribution in [2.24, 2.45) is 0 Å². The molecule has 3 aromatic rings. The molecule has 3 N–H and O–H groups in total. The van der Waals surface area contributed by atoms with Crippen molar-refractivity contribution in [2.45, 2.75) is 62.1 Å². The lowest BCUT2D eigenvalue weighted by molar-refractivity contribution is -0.137. The molecule has 44 heavy (non-hydrogen) atoms. The van der Waals surface area contributed by atoms with E-state index in [1.807, 2.05) is 4.90 Å². The number of rotatable bonds is 5. The molecule has 1 aromatic heterocycles.